The lowest BCUT2D eigenvalue weighted by molar-refractivity contribution is -0.113. The number of nitriles is 1. The van der Waals surface area contributed by atoms with Crippen molar-refractivity contribution in [1.29, 1.82) is 5.26 Å². The number of carbonyl (C=O) groups excluding carboxylic acids is 1. The average molecular weight is 441 g/mol. The minimum absolute atomic E-state index is 0.0974. The first-order valence-electron chi connectivity index (χ1n) is 9.50. The van der Waals surface area contributed by atoms with Gasteiger partial charge in [-0.25, -0.2) is 4.98 Å². The molecule has 0 aliphatic heterocycles. The molecule has 8 heteroatoms. The van der Waals surface area contributed by atoms with Crippen molar-refractivity contribution in [2.75, 3.05) is 11.1 Å². The Morgan fingerprint density at radius 3 is 2.67 bits per heavy atom. The molecule has 3 aromatic rings. The predicted octanol–water partition coefficient (Wildman–Crippen LogP) is 4.70. The maximum absolute atomic E-state index is 13.0. The summed E-state index contributed by atoms with van der Waals surface area (Å²) in [5, 5.41) is 13.1. The van der Waals surface area contributed by atoms with Crippen LogP contribution in [0.4, 0.5) is 5.69 Å². The van der Waals surface area contributed by atoms with Gasteiger partial charge in [0.1, 0.15) is 0 Å². The molecule has 0 bridgehead atoms. The van der Waals surface area contributed by atoms with Gasteiger partial charge in [0.25, 0.3) is 5.56 Å². The molecular formula is C22H21ClN4O2S. The maximum atomic E-state index is 13.0. The van der Waals surface area contributed by atoms with Crippen LogP contribution in [-0.4, -0.2) is 21.2 Å². The van der Waals surface area contributed by atoms with E-state index in [0.717, 1.165) is 6.42 Å². The van der Waals surface area contributed by atoms with Gasteiger partial charge in [0.15, 0.2) is 5.16 Å². The number of hydrogen-bond acceptors (Lipinski definition) is 5. The molecule has 2 aromatic carbocycles. The summed E-state index contributed by atoms with van der Waals surface area (Å²) in [5.74, 6) is 0.302. The van der Waals surface area contributed by atoms with E-state index in [4.69, 9.17) is 16.9 Å². The molecular weight excluding hydrogens is 420 g/mol. The zero-order valence-electron chi connectivity index (χ0n) is 16.7. The standard InChI is InChI=1S/C22H21ClN4O2S/c1-14(2)9-10-27-21(29)18-8-5-16(23)11-19(18)26-22(27)30-13-20(28)25-17-6-3-15(12-24)4-7-17/h3-8,11,14H,9-10,13H2,1-2H3,(H,25,28). The Balaban J connectivity index is 1.82. The molecule has 1 N–H and O–H groups in total. The fraction of sp³-hybridized carbons (Fsp3) is 0.273. The first kappa shape index (κ1) is 21.9. The number of nitrogens with one attached hydrogen (secondary N) is 1. The lowest BCUT2D eigenvalue weighted by Crippen LogP contribution is -2.25. The van der Waals surface area contributed by atoms with Gasteiger partial charge in [-0.15, -0.1) is 0 Å². The van der Waals surface area contributed by atoms with Gasteiger partial charge >= 0.3 is 0 Å². The Bertz CT molecular complexity index is 1170. The van der Waals surface area contributed by atoms with Crippen LogP contribution in [0.5, 0.6) is 0 Å². The molecule has 30 heavy (non-hydrogen) atoms. The summed E-state index contributed by atoms with van der Waals surface area (Å²) in [6.45, 7) is 4.72. The first-order valence-corrected chi connectivity index (χ1v) is 10.9. The third-order valence-electron chi connectivity index (χ3n) is 4.44. The van der Waals surface area contributed by atoms with E-state index in [1.807, 2.05) is 6.07 Å². The number of fused-ring (bicyclic) bond motifs is 1. The molecule has 6 nitrogen and oxygen atoms in total. The highest BCUT2D eigenvalue weighted by Gasteiger charge is 2.14. The molecule has 0 aliphatic carbocycles. The number of rotatable bonds is 7. The molecule has 3 rings (SSSR count). The Morgan fingerprint density at radius 1 is 1.27 bits per heavy atom. The summed E-state index contributed by atoms with van der Waals surface area (Å²) in [7, 11) is 0. The van der Waals surface area contributed by atoms with E-state index in [2.05, 4.69) is 24.1 Å². The van der Waals surface area contributed by atoms with Crippen LogP contribution in [0.1, 0.15) is 25.8 Å². The smallest absolute Gasteiger partial charge is 0.262 e. The summed E-state index contributed by atoms with van der Waals surface area (Å²) in [6.07, 6.45) is 0.825. The zero-order chi connectivity index (χ0) is 21.7. The number of aromatic nitrogens is 2. The van der Waals surface area contributed by atoms with Crippen molar-refractivity contribution in [3.8, 4) is 6.07 Å². The molecule has 0 radical (unpaired) electrons. The Hall–Kier alpha value is -2.82. The monoisotopic (exact) mass is 440 g/mol. The van der Waals surface area contributed by atoms with E-state index in [0.29, 0.717) is 44.8 Å². The summed E-state index contributed by atoms with van der Waals surface area (Å²) in [6, 6.07) is 13.7. The van der Waals surface area contributed by atoms with Crippen LogP contribution in [0.25, 0.3) is 10.9 Å². The lowest BCUT2D eigenvalue weighted by Gasteiger charge is -2.14. The van der Waals surface area contributed by atoms with Gasteiger partial charge < -0.3 is 5.32 Å². The molecule has 0 spiro atoms. The topological polar surface area (TPSA) is 87.8 Å². The fourth-order valence-electron chi connectivity index (χ4n) is 2.82. The van der Waals surface area contributed by atoms with E-state index < -0.39 is 0 Å². The van der Waals surface area contributed by atoms with Crippen LogP contribution in [-0.2, 0) is 11.3 Å². The van der Waals surface area contributed by atoms with E-state index in [1.165, 1.54) is 11.8 Å². The Labute approximate surface area is 183 Å². The normalized spacial score (nSPS) is 10.9. The predicted molar refractivity (Wildman–Crippen MR) is 121 cm³/mol. The van der Waals surface area contributed by atoms with Crippen LogP contribution >= 0.6 is 23.4 Å². The third kappa shape index (κ3) is 5.41. The van der Waals surface area contributed by atoms with Crippen LogP contribution in [0.15, 0.2) is 52.4 Å². The SMILES string of the molecule is CC(C)CCn1c(SCC(=O)Nc2ccc(C#N)cc2)nc2cc(Cl)ccc2c1=O. The second-order valence-corrected chi connectivity index (χ2v) is 8.60. The Kier molecular flexibility index (Phi) is 7.14. The van der Waals surface area contributed by atoms with Gasteiger partial charge in [0.2, 0.25) is 5.91 Å². The van der Waals surface area contributed by atoms with E-state index in [1.54, 1.807) is 47.0 Å². The zero-order valence-corrected chi connectivity index (χ0v) is 18.3. The van der Waals surface area contributed by atoms with Gasteiger partial charge in [-0.1, -0.05) is 37.2 Å². The van der Waals surface area contributed by atoms with Crippen LogP contribution in [0.3, 0.4) is 0 Å². The summed E-state index contributed by atoms with van der Waals surface area (Å²) in [5.41, 5.74) is 1.52. The number of benzene rings is 2. The first-order chi connectivity index (χ1) is 14.4. The lowest BCUT2D eigenvalue weighted by atomic mass is 10.1. The summed E-state index contributed by atoms with van der Waals surface area (Å²) in [4.78, 5) is 30.0. The van der Waals surface area contributed by atoms with Crippen molar-refractivity contribution in [2.24, 2.45) is 5.92 Å². The van der Waals surface area contributed by atoms with Gasteiger partial charge in [0, 0.05) is 17.3 Å². The number of carbonyl (C=O) groups is 1. The molecule has 0 fully saturated rings. The molecule has 0 aliphatic rings. The molecule has 0 saturated carbocycles. The van der Waals surface area contributed by atoms with Crippen molar-refractivity contribution in [1.82, 2.24) is 9.55 Å². The second kappa shape index (κ2) is 9.79. The number of hydrogen-bond donors (Lipinski definition) is 1. The van der Waals surface area contributed by atoms with Crippen LogP contribution in [0.2, 0.25) is 5.02 Å². The average Bonchev–Trinajstić information content (AvgIpc) is 2.72. The largest absolute Gasteiger partial charge is 0.325 e. The summed E-state index contributed by atoms with van der Waals surface area (Å²) < 4.78 is 1.63. The molecule has 1 amide bonds. The molecule has 1 heterocycles. The number of halogens is 1. The Morgan fingerprint density at radius 2 is 2.00 bits per heavy atom. The van der Waals surface area contributed by atoms with Gasteiger partial charge in [-0.2, -0.15) is 5.26 Å². The molecule has 0 atom stereocenters. The van der Waals surface area contributed by atoms with E-state index >= 15 is 0 Å². The minimum Gasteiger partial charge on any atom is -0.325 e. The number of anilines is 1. The van der Waals surface area contributed by atoms with E-state index in [-0.39, 0.29) is 17.2 Å². The summed E-state index contributed by atoms with van der Waals surface area (Å²) >= 11 is 7.28. The highest BCUT2D eigenvalue weighted by Crippen LogP contribution is 2.21. The van der Waals surface area contributed by atoms with Crippen molar-refractivity contribution < 1.29 is 4.79 Å². The number of amides is 1. The molecule has 154 valence electrons. The van der Waals surface area contributed by atoms with Gasteiger partial charge in [-0.3, -0.25) is 14.2 Å². The quantitative estimate of drug-likeness (QED) is 0.425. The second-order valence-electron chi connectivity index (χ2n) is 7.22. The third-order valence-corrected chi connectivity index (χ3v) is 5.65. The molecule has 0 unspecified atom stereocenters. The number of thioether (sulfide) groups is 1. The minimum atomic E-state index is -0.222. The fourth-order valence-corrected chi connectivity index (χ4v) is 3.82. The van der Waals surface area contributed by atoms with Gasteiger partial charge in [0.05, 0.1) is 28.3 Å². The highest BCUT2D eigenvalue weighted by molar-refractivity contribution is 7.99. The van der Waals surface area contributed by atoms with Crippen molar-refractivity contribution in [3.05, 3.63) is 63.4 Å². The molecule has 0 saturated heterocycles. The van der Waals surface area contributed by atoms with Crippen molar-refractivity contribution >= 4 is 45.9 Å². The molecule has 1 aromatic heterocycles. The van der Waals surface area contributed by atoms with E-state index in [9.17, 15) is 9.59 Å². The van der Waals surface area contributed by atoms with Crippen LogP contribution < -0.4 is 10.9 Å². The van der Waals surface area contributed by atoms with Crippen molar-refractivity contribution in [2.45, 2.75) is 32.0 Å². The highest BCUT2D eigenvalue weighted by atomic mass is 35.5. The van der Waals surface area contributed by atoms with Crippen molar-refractivity contribution in [3.63, 3.8) is 0 Å². The number of nitrogens with zero attached hydrogens (tertiary/aromatic N) is 3. The van der Waals surface area contributed by atoms with Crippen LogP contribution in [0, 0.1) is 17.2 Å². The maximum Gasteiger partial charge on any atom is 0.262 e. The van der Waals surface area contributed by atoms with Gasteiger partial charge in [-0.05, 0) is 54.8 Å².